The van der Waals surface area contributed by atoms with Gasteiger partial charge < -0.3 is 14.8 Å². The molecular formula is C16H16N2O2. The van der Waals surface area contributed by atoms with E-state index >= 15 is 0 Å². The van der Waals surface area contributed by atoms with Crippen LogP contribution < -0.4 is 14.8 Å². The second-order valence-electron chi connectivity index (χ2n) is 4.19. The van der Waals surface area contributed by atoms with Gasteiger partial charge in [0.1, 0.15) is 6.04 Å². The molecule has 0 aromatic heterocycles. The molecule has 0 aliphatic rings. The highest BCUT2D eigenvalue weighted by atomic mass is 16.5. The number of ether oxygens (including phenoxy) is 2. The number of anilines is 1. The molecule has 0 heterocycles. The van der Waals surface area contributed by atoms with Crippen LogP contribution in [0.3, 0.4) is 0 Å². The van der Waals surface area contributed by atoms with E-state index in [0.29, 0.717) is 11.5 Å². The third kappa shape index (κ3) is 3.01. The summed E-state index contributed by atoms with van der Waals surface area (Å²) in [5.41, 5.74) is 1.72. The number of benzene rings is 2. The van der Waals surface area contributed by atoms with Crippen LogP contribution in [0.2, 0.25) is 0 Å². The molecule has 0 radical (unpaired) electrons. The Kier molecular flexibility index (Phi) is 4.46. The molecule has 2 rings (SSSR count). The first-order chi connectivity index (χ1) is 9.78. The lowest BCUT2D eigenvalue weighted by molar-refractivity contribution is 0.354. The minimum Gasteiger partial charge on any atom is -0.493 e. The standard InChI is InChI=1S/C16H16N2O2/c1-19-15-9-8-12(10-16(15)20-2)14(11-17)18-13-6-4-3-5-7-13/h3-10,14,18H,1-2H3. The number of rotatable bonds is 5. The van der Waals surface area contributed by atoms with Gasteiger partial charge in [0.05, 0.1) is 20.3 Å². The average molecular weight is 268 g/mol. The molecule has 0 aliphatic heterocycles. The van der Waals surface area contributed by atoms with Gasteiger partial charge in [-0.05, 0) is 29.8 Å². The maximum Gasteiger partial charge on any atom is 0.161 e. The van der Waals surface area contributed by atoms with Crippen molar-refractivity contribution in [2.75, 3.05) is 19.5 Å². The van der Waals surface area contributed by atoms with E-state index in [1.54, 1.807) is 20.3 Å². The number of nitriles is 1. The third-order valence-electron chi connectivity index (χ3n) is 2.95. The van der Waals surface area contributed by atoms with Gasteiger partial charge in [0, 0.05) is 5.69 Å². The van der Waals surface area contributed by atoms with E-state index in [4.69, 9.17) is 9.47 Å². The van der Waals surface area contributed by atoms with Crippen molar-refractivity contribution in [1.82, 2.24) is 0 Å². The molecule has 0 saturated heterocycles. The normalized spacial score (nSPS) is 11.2. The number of methoxy groups -OCH3 is 2. The molecule has 0 spiro atoms. The highest BCUT2D eigenvalue weighted by molar-refractivity contribution is 5.50. The number of nitrogens with zero attached hydrogens (tertiary/aromatic N) is 1. The second kappa shape index (κ2) is 6.48. The van der Waals surface area contributed by atoms with Gasteiger partial charge in [-0.25, -0.2) is 0 Å². The SMILES string of the molecule is COc1ccc(C(C#N)Nc2ccccc2)cc1OC. The molecule has 0 amide bonds. The van der Waals surface area contributed by atoms with E-state index in [1.165, 1.54) is 0 Å². The van der Waals surface area contributed by atoms with E-state index in [-0.39, 0.29) is 0 Å². The van der Waals surface area contributed by atoms with Crippen LogP contribution in [0.25, 0.3) is 0 Å². The molecular weight excluding hydrogens is 252 g/mol. The minimum atomic E-state index is -0.447. The molecule has 0 aliphatic carbocycles. The zero-order chi connectivity index (χ0) is 14.4. The first-order valence-electron chi connectivity index (χ1n) is 6.21. The van der Waals surface area contributed by atoms with Crippen LogP contribution in [-0.4, -0.2) is 14.2 Å². The summed E-state index contributed by atoms with van der Waals surface area (Å²) in [5, 5.41) is 12.5. The largest absolute Gasteiger partial charge is 0.493 e. The van der Waals surface area contributed by atoms with Crippen molar-refractivity contribution in [3.63, 3.8) is 0 Å². The molecule has 102 valence electrons. The van der Waals surface area contributed by atoms with Crippen molar-refractivity contribution in [2.24, 2.45) is 0 Å². The fourth-order valence-electron chi connectivity index (χ4n) is 1.92. The smallest absolute Gasteiger partial charge is 0.161 e. The molecule has 2 aromatic carbocycles. The molecule has 4 nitrogen and oxygen atoms in total. The van der Waals surface area contributed by atoms with E-state index in [0.717, 1.165) is 11.3 Å². The lowest BCUT2D eigenvalue weighted by atomic mass is 10.1. The molecule has 1 atom stereocenters. The molecule has 2 aromatic rings. The van der Waals surface area contributed by atoms with Gasteiger partial charge in [0.2, 0.25) is 0 Å². The van der Waals surface area contributed by atoms with Gasteiger partial charge in [-0.15, -0.1) is 0 Å². The summed E-state index contributed by atoms with van der Waals surface area (Å²) in [6.45, 7) is 0. The fraction of sp³-hybridized carbons (Fsp3) is 0.188. The quantitative estimate of drug-likeness (QED) is 0.903. The van der Waals surface area contributed by atoms with E-state index in [9.17, 15) is 5.26 Å². The zero-order valence-electron chi connectivity index (χ0n) is 11.5. The Labute approximate surface area is 118 Å². The Balaban J connectivity index is 2.26. The van der Waals surface area contributed by atoms with Gasteiger partial charge in [-0.1, -0.05) is 24.3 Å². The van der Waals surface area contributed by atoms with Crippen LogP contribution in [0.5, 0.6) is 11.5 Å². The molecule has 1 N–H and O–H groups in total. The number of hydrogen-bond donors (Lipinski definition) is 1. The Hall–Kier alpha value is -2.67. The number of para-hydroxylation sites is 1. The number of hydrogen-bond acceptors (Lipinski definition) is 4. The molecule has 1 unspecified atom stereocenters. The van der Waals surface area contributed by atoms with Crippen LogP contribution in [0, 0.1) is 11.3 Å². The molecule has 0 bridgehead atoms. The maximum atomic E-state index is 9.35. The van der Waals surface area contributed by atoms with Crippen LogP contribution in [0.4, 0.5) is 5.69 Å². The third-order valence-corrected chi connectivity index (χ3v) is 2.95. The monoisotopic (exact) mass is 268 g/mol. The van der Waals surface area contributed by atoms with Gasteiger partial charge >= 0.3 is 0 Å². The van der Waals surface area contributed by atoms with Crippen LogP contribution >= 0.6 is 0 Å². The van der Waals surface area contributed by atoms with E-state index < -0.39 is 6.04 Å². The summed E-state index contributed by atoms with van der Waals surface area (Å²) in [6, 6.07) is 16.9. The average Bonchev–Trinajstić information content (AvgIpc) is 2.53. The van der Waals surface area contributed by atoms with Gasteiger partial charge in [0.25, 0.3) is 0 Å². The van der Waals surface area contributed by atoms with Crippen molar-refractivity contribution in [1.29, 1.82) is 5.26 Å². The maximum absolute atomic E-state index is 9.35. The summed E-state index contributed by atoms with van der Waals surface area (Å²) in [7, 11) is 3.16. The van der Waals surface area contributed by atoms with Crippen molar-refractivity contribution in [2.45, 2.75) is 6.04 Å². The molecule has 0 fully saturated rings. The van der Waals surface area contributed by atoms with Crippen molar-refractivity contribution < 1.29 is 9.47 Å². The summed E-state index contributed by atoms with van der Waals surface area (Å²) in [6.07, 6.45) is 0. The summed E-state index contributed by atoms with van der Waals surface area (Å²) in [4.78, 5) is 0. The van der Waals surface area contributed by atoms with Gasteiger partial charge in [-0.3, -0.25) is 0 Å². The summed E-state index contributed by atoms with van der Waals surface area (Å²) >= 11 is 0. The second-order valence-corrected chi connectivity index (χ2v) is 4.19. The molecule has 20 heavy (non-hydrogen) atoms. The highest BCUT2D eigenvalue weighted by Gasteiger charge is 2.13. The van der Waals surface area contributed by atoms with E-state index in [1.807, 2.05) is 42.5 Å². The van der Waals surface area contributed by atoms with Crippen LogP contribution in [-0.2, 0) is 0 Å². The van der Waals surface area contributed by atoms with E-state index in [2.05, 4.69) is 11.4 Å². The Morgan fingerprint density at radius 1 is 1.00 bits per heavy atom. The van der Waals surface area contributed by atoms with Crippen LogP contribution in [0.15, 0.2) is 48.5 Å². The Morgan fingerprint density at radius 3 is 2.30 bits per heavy atom. The lowest BCUT2D eigenvalue weighted by Gasteiger charge is -2.15. The predicted octanol–water partition coefficient (Wildman–Crippen LogP) is 3.38. The number of nitrogens with one attached hydrogen (secondary N) is 1. The Bertz CT molecular complexity index is 606. The van der Waals surface area contributed by atoms with Gasteiger partial charge in [-0.2, -0.15) is 5.26 Å². The summed E-state index contributed by atoms with van der Waals surface area (Å²) < 4.78 is 10.5. The first-order valence-corrected chi connectivity index (χ1v) is 6.21. The van der Waals surface area contributed by atoms with Crippen molar-refractivity contribution in [3.8, 4) is 17.6 Å². The lowest BCUT2D eigenvalue weighted by Crippen LogP contribution is -2.08. The van der Waals surface area contributed by atoms with Crippen molar-refractivity contribution >= 4 is 5.69 Å². The Morgan fingerprint density at radius 2 is 1.70 bits per heavy atom. The minimum absolute atomic E-state index is 0.447. The van der Waals surface area contributed by atoms with Gasteiger partial charge in [0.15, 0.2) is 11.5 Å². The van der Waals surface area contributed by atoms with Crippen LogP contribution in [0.1, 0.15) is 11.6 Å². The van der Waals surface area contributed by atoms with Crippen molar-refractivity contribution in [3.05, 3.63) is 54.1 Å². The highest BCUT2D eigenvalue weighted by Crippen LogP contribution is 2.30. The molecule has 0 saturated carbocycles. The summed E-state index contributed by atoms with van der Waals surface area (Å²) in [5.74, 6) is 1.26. The first kappa shape index (κ1) is 13.8. The zero-order valence-corrected chi connectivity index (χ0v) is 11.5. The fourth-order valence-corrected chi connectivity index (χ4v) is 1.92. The molecule has 4 heteroatoms. The topological polar surface area (TPSA) is 54.3 Å². The predicted molar refractivity (Wildman–Crippen MR) is 78.0 cm³/mol.